The van der Waals surface area contributed by atoms with Crippen LogP contribution in [0, 0.1) is 18.3 Å². The van der Waals surface area contributed by atoms with Crippen molar-refractivity contribution in [1.82, 2.24) is 4.90 Å². The van der Waals surface area contributed by atoms with E-state index in [0.717, 1.165) is 0 Å². The van der Waals surface area contributed by atoms with Crippen LogP contribution in [0.2, 0.25) is 0 Å². The number of hydrogen-bond donors (Lipinski definition) is 1. The summed E-state index contributed by atoms with van der Waals surface area (Å²) in [5.74, 6) is 1.36. The quantitative estimate of drug-likeness (QED) is 0.821. The standard InChI is InChI=1S/C15H17NO3/c1-4-12-5-7-13(8-6-12)15(19)16(9-11(2)3)10-14(17)18/h1,5-8,11H,9-10H2,2-3H3,(H,17,18). The maximum absolute atomic E-state index is 12.2. The smallest absolute Gasteiger partial charge is 0.323 e. The number of carbonyl (C=O) groups is 2. The zero-order valence-electron chi connectivity index (χ0n) is 11.1. The number of terminal acetylenes is 1. The van der Waals surface area contributed by atoms with Gasteiger partial charge in [-0.15, -0.1) is 6.42 Å². The van der Waals surface area contributed by atoms with Crippen molar-refractivity contribution < 1.29 is 14.7 Å². The monoisotopic (exact) mass is 259 g/mol. The molecular formula is C15H17NO3. The van der Waals surface area contributed by atoms with Gasteiger partial charge in [0.15, 0.2) is 0 Å². The van der Waals surface area contributed by atoms with E-state index in [0.29, 0.717) is 17.7 Å². The van der Waals surface area contributed by atoms with E-state index >= 15 is 0 Å². The zero-order valence-corrected chi connectivity index (χ0v) is 11.1. The summed E-state index contributed by atoms with van der Waals surface area (Å²) in [7, 11) is 0. The van der Waals surface area contributed by atoms with Crippen LogP contribution in [0.15, 0.2) is 24.3 Å². The Bertz CT molecular complexity index is 497. The van der Waals surface area contributed by atoms with Crippen molar-refractivity contribution >= 4 is 11.9 Å². The highest BCUT2D eigenvalue weighted by molar-refractivity contribution is 5.95. The fourth-order valence-electron chi connectivity index (χ4n) is 1.71. The Morgan fingerprint density at radius 2 is 1.89 bits per heavy atom. The van der Waals surface area contributed by atoms with Crippen LogP contribution in [-0.4, -0.2) is 35.0 Å². The minimum atomic E-state index is -1.02. The summed E-state index contributed by atoms with van der Waals surface area (Å²) < 4.78 is 0. The molecule has 19 heavy (non-hydrogen) atoms. The van der Waals surface area contributed by atoms with Gasteiger partial charge in [-0.2, -0.15) is 0 Å². The molecule has 4 nitrogen and oxygen atoms in total. The lowest BCUT2D eigenvalue weighted by atomic mass is 10.1. The number of amides is 1. The van der Waals surface area contributed by atoms with Gasteiger partial charge in [0.2, 0.25) is 0 Å². The lowest BCUT2D eigenvalue weighted by Crippen LogP contribution is -2.38. The highest BCUT2D eigenvalue weighted by Gasteiger charge is 2.19. The van der Waals surface area contributed by atoms with Gasteiger partial charge < -0.3 is 10.0 Å². The van der Waals surface area contributed by atoms with Crippen molar-refractivity contribution in [3.8, 4) is 12.3 Å². The molecule has 4 heteroatoms. The third-order valence-corrected chi connectivity index (χ3v) is 2.50. The first kappa shape index (κ1) is 14.8. The van der Waals surface area contributed by atoms with E-state index < -0.39 is 5.97 Å². The minimum Gasteiger partial charge on any atom is -0.480 e. The van der Waals surface area contributed by atoms with Gasteiger partial charge in [0.1, 0.15) is 6.54 Å². The Balaban J connectivity index is 2.91. The lowest BCUT2D eigenvalue weighted by Gasteiger charge is -2.22. The molecule has 100 valence electrons. The molecule has 0 heterocycles. The van der Waals surface area contributed by atoms with Crippen LogP contribution in [0.4, 0.5) is 0 Å². The van der Waals surface area contributed by atoms with Crippen LogP contribution in [0.5, 0.6) is 0 Å². The average Bonchev–Trinajstić information content (AvgIpc) is 2.36. The summed E-state index contributed by atoms with van der Waals surface area (Å²) in [5, 5.41) is 8.85. The summed E-state index contributed by atoms with van der Waals surface area (Å²) in [6.45, 7) is 3.98. The number of aliphatic carboxylic acids is 1. The molecular weight excluding hydrogens is 242 g/mol. The molecule has 1 rings (SSSR count). The Kier molecular flexibility index (Phi) is 5.13. The van der Waals surface area contributed by atoms with Gasteiger partial charge in [-0.05, 0) is 30.2 Å². The zero-order chi connectivity index (χ0) is 14.4. The van der Waals surface area contributed by atoms with E-state index in [4.69, 9.17) is 11.5 Å². The Hall–Kier alpha value is -2.28. The third kappa shape index (κ3) is 4.47. The first-order valence-electron chi connectivity index (χ1n) is 6.01. The largest absolute Gasteiger partial charge is 0.480 e. The molecule has 0 aliphatic heterocycles. The van der Waals surface area contributed by atoms with Crippen LogP contribution >= 0.6 is 0 Å². The number of rotatable bonds is 5. The molecule has 0 unspecified atom stereocenters. The molecule has 0 aliphatic carbocycles. The Labute approximate surface area is 113 Å². The number of benzene rings is 1. The van der Waals surface area contributed by atoms with Crippen molar-refractivity contribution in [2.24, 2.45) is 5.92 Å². The Morgan fingerprint density at radius 3 is 2.32 bits per heavy atom. The van der Waals surface area contributed by atoms with Gasteiger partial charge in [0, 0.05) is 17.7 Å². The summed E-state index contributed by atoms with van der Waals surface area (Å²) in [5.41, 5.74) is 1.13. The highest BCUT2D eigenvalue weighted by atomic mass is 16.4. The third-order valence-electron chi connectivity index (χ3n) is 2.50. The molecule has 0 saturated heterocycles. The van der Waals surface area contributed by atoms with E-state index in [1.54, 1.807) is 24.3 Å². The van der Waals surface area contributed by atoms with Crippen LogP contribution in [0.3, 0.4) is 0 Å². The summed E-state index contributed by atoms with van der Waals surface area (Å²) in [4.78, 5) is 24.4. The predicted octanol–water partition coefficient (Wildman–Crippen LogP) is 1.85. The van der Waals surface area contributed by atoms with Crippen molar-refractivity contribution in [1.29, 1.82) is 0 Å². The number of nitrogens with zero attached hydrogens (tertiary/aromatic N) is 1. The van der Waals surface area contributed by atoms with Crippen molar-refractivity contribution in [3.63, 3.8) is 0 Å². The van der Waals surface area contributed by atoms with E-state index in [1.165, 1.54) is 4.90 Å². The van der Waals surface area contributed by atoms with Crippen LogP contribution in [-0.2, 0) is 4.79 Å². The van der Waals surface area contributed by atoms with Gasteiger partial charge in [0.05, 0.1) is 0 Å². The molecule has 1 N–H and O–H groups in total. The first-order valence-corrected chi connectivity index (χ1v) is 6.01. The fraction of sp³-hybridized carbons (Fsp3) is 0.333. The van der Waals surface area contributed by atoms with E-state index in [1.807, 2.05) is 13.8 Å². The highest BCUT2D eigenvalue weighted by Crippen LogP contribution is 2.09. The van der Waals surface area contributed by atoms with Crippen LogP contribution in [0.1, 0.15) is 29.8 Å². The normalized spacial score (nSPS) is 10.0. The maximum atomic E-state index is 12.2. The van der Waals surface area contributed by atoms with Gasteiger partial charge >= 0.3 is 5.97 Å². The molecule has 0 bridgehead atoms. The Morgan fingerprint density at radius 1 is 1.32 bits per heavy atom. The van der Waals surface area contributed by atoms with Crippen LogP contribution in [0.25, 0.3) is 0 Å². The van der Waals surface area contributed by atoms with Gasteiger partial charge in [-0.25, -0.2) is 0 Å². The number of carboxylic acid groups (broad SMARTS) is 1. The summed E-state index contributed by atoms with van der Waals surface area (Å²) in [6, 6.07) is 6.57. The molecule has 1 amide bonds. The topological polar surface area (TPSA) is 57.6 Å². The second kappa shape index (κ2) is 6.60. The number of carboxylic acids is 1. The van der Waals surface area contributed by atoms with Crippen molar-refractivity contribution in [3.05, 3.63) is 35.4 Å². The second-order valence-corrected chi connectivity index (χ2v) is 4.69. The van der Waals surface area contributed by atoms with Crippen molar-refractivity contribution in [2.45, 2.75) is 13.8 Å². The van der Waals surface area contributed by atoms with E-state index in [-0.39, 0.29) is 18.4 Å². The maximum Gasteiger partial charge on any atom is 0.323 e. The average molecular weight is 259 g/mol. The van der Waals surface area contributed by atoms with Gasteiger partial charge in [-0.3, -0.25) is 9.59 Å². The molecule has 0 aliphatic rings. The molecule has 1 aromatic rings. The molecule has 0 spiro atoms. The van der Waals surface area contributed by atoms with Crippen molar-refractivity contribution in [2.75, 3.05) is 13.1 Å². The SMILES string of the molecule is C#Cc1ccc(C(=O)N(CC(=O)O)CC(C)C)cc1. The van der Waals surface area contributed by atoms with E-state index in [9.17, 15) is 9.59 Å². The molecule has 0 aromatic heterocycles. The van der Waals surface area contributed by atoms with Crippen LogP contribution < -0.4 is 0 Å². The molecule has 0 atom stereocenters. The molecule has 0 radical (unpaired) electrons. The van der Waals surface area contributed by atoms with E-state index in [2.05, 4.69) is 5.92 Å². The summed E-state index contributed by atoms with van der Waals surface area (Å²) >= 11 is 0. The second-order valence-electron chi connectivity index (χ2n) is 4.69. The number of hydrogen-bond acceptors (Lipinski definition) is 2. The van der Waals surface area contributed by atoms with Gasteiger partial charge in [0.25, 0.3) is 5.91 Å². The predicted molar refractivity (Wildman–Crippen MR) is 72.8 cm³/mol. The molecule has 0 saturated carbocycles. The molecule has 0 fully saturated rings. The first-order chi connectivity index (χ1) is 8.93. The van der Waals surface area contributed by atoms with Gasteiger partial charge in [-0.1, -0.05) is 19.8 Å². The fourth-order valence-corrected chi connectivity index (χ4v) is 1.71. The molecule has 1 aromatic carbocycles. The minimum absolute atomic E-state index is 0.202. The number of carbonyl (C=O) groups excluding carboxylic acids is 1. The summed E-state index contributed by atoms with van der Waals surface area (Å²) in [6.07, 6.45) is 5.24. The lowest BCUT2D eigenvalue weighted by molar-refractivity contribution is -0.137.